The highest BCUT2D eigenvalue weighted by Gasteiger charge is 2.31. The third-order valence-electron chi connectivity index (χ3n) is 5.99. The number of non-ortho nitro benzene ring substituents is 1. The minimum Gasteiger partial charge on any atom is -0.493 e. The van der Waals surface area contributed by atoms with Crippen LogP contribution >= 0.6 is 0 Å². The Bertz CT molecular complexity index is 1320. The van der Waals surface area contributed by atoms with Crippen molar-refractivity contribution in [1.82, 2.24) is 16.0 Å². The third kappa shape index (κ3) is 11.6. The van der Waals surface area contributed by atoms with Crippen LogP contribution in [0.3, 0.4) is 0 Å². The van der Waals surface area contributed by atoms with E-state index >= 15 is 0 Å². The summed E-state index contributed by atoms with van der Waals surface area (Å²) < 4.78 is 5.59. The maximum Gasteiger partial charge on any atom is 0.303 e. The van der Waals surface area contributed by atoms with Gasteiger partial charge in [0.1, 0.15) is 30.4 Å². The number of carboxylic acids is 1. The van der Waals surface area contributed by atoms with Crippen LogP contribution in [0.25, 0.3) is 0 Å². The second kappa shape index (κ2) is 17.4. The van der Waals surface area contributed by atoms with Crippen LogP contribution in [0.4, 0.5) is 5.69 Å². The number of quaternary nitrogens is 1. The minimum atomic E-state index is -1.45. The molecule has 4 amide bonds. The SMILES string of the molecule is C#CC#COO[NH2+]CCCC[C@@H]1NC(=O)[C@H](CCC(=O)O)NC(=O)c2cc([N+](=O)[O-])ccc2OCCC(C(N)=O)NC1=O. The molecule has 0 saturated carbocycles. The summed E-state index contributed by atoms with van der Waals surface area (Å²) in [4.78, 5) is 82.7. The van der Waals surface area contributed by atoms with Crippen molar-refractivity contribution in [1.29, 1.82) is 0 Å². The molecule has 1 aliphatic rings. The van der Waals surface area contributed by atoms with Crippen LogP contribution in [-0.2, 0) is 29.1 Å². The van der Waals surface area contributed by atoms with E-state index in [1.165, 1.54) is 11.5 Å². The Morgan fingerprint density at radius 3 is 2.56 bits per heavy atom. The highest BCUT2D eigenvalue weighted by atomic mass is 17.3. The minimum absolute atomic E-state index is 0.0692. The molecule has 0 aliphatic carbocycles. The van der Waals surface area contributed by atoms with Crippen molar-refractivity contribution < 1.29 is 54.1 Å². The number of nitro groups is 1. The molecule has 0 fully saturated rings. The number of carboxylic acid groups (broad SMARTS) is 1. The maximum atomic E-state index is 13.3. The van der Waals surface area contributed by atoms with Crippen LogP contribution in [0.1, 0.15) is 48.9 Å². The van der Waals surface area contributed by atoms with Crippen molar-refractivity contribution in [2.45, 2.75) is 56.7 Å². The molecule has 3 atom stereocenters. The van der Waals surface area contributed by atoms with Crippen LogP contribution in [0, 0.1) is 34.5 Å². The molecule has 8 N–H and O–H groups in total. The number of aliphatic carboxylic acids is 1. The van der Waals surface area contributed by atoms with E-state index in [4.69, 9.17) is 27.0 Å². The number of benzene rings is 1. The fraction of sp³-hybridized carbons (Fsp3) is 0.423. The van der Waals surface area contributed by atoms with Gasteiger partial charge in [-0.15, -0.1) is 6.42 Å². The topological polar surface area (TPSA) is 255 Å². The summed E-state index contributed by atoms with van der Waals surface area (Å²) in [5, 5.41) is 27.8. The summed E-state index contributed by atoms with van der Waals surface area (Å²) in [5.41, 5.74) is 6.02. The molecule has 1 aliphatic heterocycles. The predicted molar refractivity (Wildman–Crippen MR) is 144 cm³/mol. The Hall–Kier alpha value is -5.39. The average molecular weight is 604 g/mol. The van der Waals surface area contributed by atoms with E-state index in [1.807, 2.05) is 5.92 Å². The molecule has 1 aromatic carbocycles. The Kier molecular flexibility index (Phi) is 13.7. The lowest BCUT2D eigenvalue weighted by Gasteiger charge is -2.25. The number of primary amides is 1. The largest absolute Gasteiger partial charge is 0.493 e. The summed E-state index contributed by atoms with van der Waals surface area (Å²) in [5.74, 6) is -0.656. The smallest absolute Gasteiger partial charge is 0.303 e. The molecule has 230 valence electrons. The molecule has 0 saturated heterocycles. The number of terminal acetylenes is 1. The highest BCUT2D eigenvalue weighted by molar-refractivity contribution is 6.01. The Labute approximate surface area is 245 Å². The number of nitrogens with zero attached hydrogens (tertiary/aromatic N) is 1. The molecule has 0 bridgehead atoms. The summed E-state index contributed by atoms with van der Waals surface area (Å²) in [6.45, 7) is 0.138. The quantitative estimate of drug-likeness (QED) is 0.0500. The van der Waals surface area contributed by atoms with Gasteiger partial charge in [0.15, 0.2) is 6.11 Å². The molecule has 17 heteroatoms. The summed E-state index contributed by atoms with van der Waals surface area (Å²) in [6, 6.07) is -0.703. The molecule has 17 nitrogen and oxygen atoms in total. The molecule has 0 radical (unpaired) electrons. The number of unbranched alkanes of at least 4 members (excludes halogenated alkanes) is 1. The van der Waals surface area contributed by atoms with Gasteiger partial charge in [0.2, 0.25) is 17.7 Å². The van der Waals surface area contributed by atoms with Crippen LogP contribution in [0.2, 0.25) is 0 Å². The summed E-state index contributed by atoms with van der Waals surface area (Å²) >= 11 is 0. The lowest BCUT2D eigenvalue weighted by atomic mass is 10.0. The van der Waals surface area contributed by atoms with Crippen molar-refractivity contribution in [3.63, 3.8) is 0 Å². The van der Waals surface area contributed by atoms with E-state index in [-0.39, 0.29) is 37.2 Å². The summed E-state index contributed by atoms with van der Waals surface area (Å²) in [7, 11) is 0. The molecule has 0 aromatic heterocycles. The number of fused-ring (bicyclic) bond motifs is 1. The van der Waals surface area contributed by atoms with Crippen molar-refractivity contribution in [2.75, 3.05) is 13.2 Å². The van der Waals surface area contributed by atoms with Crippen LogP contribution in [0.5, 0.6) is 5.75 Å². The number of nitrogens with one attached hydrogen (secondary N) is 3. The molecular weight excluding hydrogens is 572 g/mol. The van der Waals surface area contributed by atoms with Gasteiger partial charge in [-0.1, -0.05) is 0 Å². The van der Waals surface area contributed by atoms with Crippen molar-refractivity contribution in [2.24, 2.45) is 5.73 Å². The number of nitrogens with two attached hydrogens (primary N) is 2. The number of rotatable bonds is 12. The maximum absolute atomic E-state index is 13.3. The van der Waals surface area contributed by atoms with Gasteiger partial charge >= 0.3 is 5.97 Å². The van der Waals surface area contributed by atoms with Gasteiger partial charge in [0.25, 0.3) is 11.6 Å². The number of hydrogen-bond acceptors (Lipinski definition) is 10. The number of nitro benzene ring substituents is 1. The predicted octanol–water partition coefficient (Wildman–Crippen LogP) is -2.01. The molecule has 1 unspecified atom stereocenters. The van der Waals surface area contributed by atoms with Crippen LogP contribution in [0.15, 0.2) is 18.2 Å². The number of hydroxylamine groups is 1. The Morgan fingerprint density at radius 2 is 1.88 bits per heavy atom. The molecule has 43 heavy (non-hydrogen) atoms. The average Bonchev–Trinajstić information content (AvgIpc) is 2.96. The van der Waals surface area contributed by atoms with Gasteiger partial charge in [0, 0.05) is 35.9 Å². The standard InChI is InChI=1S/C26H30N6O11/c1-2-3-13-42-43-28-12-5-4-6-19-25(37)29-18(23(27)35)11-14-41-21-9-7-16(32(39)40)15-17(21)24(36)30-20(26(38)31-19)8-10-22(33)34/h1,7,9,15,18-20,28H,4-6,8,10-12,14H2,(H2,27,35)(H,29,37)(H,30,36)(H,31,38)(H,33,34)/p+1/t18?,19-,20-/m0/s1. The Morgan fingerprint density at radius 1 is 1.16 bits per heavy atom. The van der Waals surface area contributed by atoms with Crippen LogP contribution in [-0.4, -0.2) is 70.9 Å². The van der Waals surface area contributed by atoms with Gasteiger partial charge in [-0.2, -0.15) is 5.48 Å². The van der Waals surface area contributed by atoms with Crippen molar-refractivity contribution in [3.8, 4) is 30.1 Å². The number of amides is 4. The zero-order valence-electron chi connectivity index (χ0n) is 22.8. The van der Waals surface area contributed by atoms with E-state index in [2.05, 4.69) is 32.9 Å². The lowest BCUT2D eigenvalue weighted by Crippen LogP contribution is -2.82. The Balaban J connectivity index is 2.30. The number of ether oxygens (including phenoxy) is 1. The highest BCUT2D eigenvalue weighted by Crippen LogP contribution is 2.25. The van der Waals surface area contributed by atoms with Crippen LogP contribution < -0.4 is 31.9 Å². The normalized spacial score (nSPS) is 18.9. The first kappa shape index (κ1) is 33.8. The van der Waals surface area contributed by atoms with E-state index in [0.29, 0.717) is 19.4 Å². The first-order chi connectivity index (χ1) is 20.5. The lowest BCUT2D eigenvalue weighted by molar-refractivity contribution is -0.960. The van der Waals surface area contributed by atoms with E-state index in [1.54, 1.807) is 0 Å². The van der Waals surface area contributed by atoms with E-state index < -0.39 is 64.8 Å². The van der Waals surface area contributed by atoms with E-state index in [9.17, 15) is 34.1 Å². The van der Waals surface area contributed by atoms with E-state index in [0.717, 1.165) is 12.1 Å². The van der Waals surface area contributed by atoms with Gasteiger partial charge in [-0.25, -0.2) is 4.89 Å². The zero-order valence-corrected chi connectivity index (χ0v) is 22.8. The van der Waals surface area contributed by atoms with Gasteiger partial charge in [-0.05, 0) is 37.7 Å². The number of carbonyl (C=O) groups excluding carboxylic acids is 4. The first-order valence-electron chi connectivity index (χ1n) is 13.0. The molecular formula is C26H31N6O11+. The molecule has 2 rings (SSSR count). The second-order valence-corrected chi connectivity index (χ2v) is 9.06. The third-order valence-corrected chi connectivity index (χ3v) is 5.99. The van der Waals surface area contributed by atoms with Gasteiger partial charge < -0.3 is 31.5 Å². The van der Waals surface area contributed by atoms with Gasteiger partial charge in [-0.3, -0.25) is 34.1 Å². The first-order valence-corrected chi connectivity index (χ1v) is 13.0. The zero-order chi connectivity index (χ0) is 31.8. The summed E-state index contributed by atoms with van der Waals surface area (Å²) in [6.07, 6.45) is 6.91. The fourth-order valence-corrected chi connectivity index (χ4v) is 3.83. The van der Waals surface area contributed by atoms with Crippen molar-refractivity contribution >= 4 is 35.3 Å². The second-order valence-electron chi connectivity index (χ2n) is 9.06. The van der Waals surface area contributed by atoms with Gasteiger partial charge in [0.05, 0.1) is 17.1 Å². The van der Waals surface area contributed by atoms with Crippen molar-refractivity contribution in [3.05, 3.63) is 33.9 Å². The molecule has 1 heterocycles. The molecule has 0 spiro atoms. The number of carbonyl (C=O) groups is 5. The monoisotopic (exact) mass is 603 g/mol. The molecule has 1 aromatic rings. The fourth-order valence-electron chi connectivity index (χ4n) is 3.83. The number of hydrogen-bond donors (Lipinski definition) is 6.